The van der Waals surface area contributed by atoms with Crippen LogP contribution in [0, 0.1) is 0 Å². The molecule has 2 rings (SSSR count). The summed E-state index contributed by atoms with van der Waals surface area (Å²) in [5, 5.41) is 8.75. The lowest BCUT2D eigenvalue weighted by molar-refractivity contribution is 0.0689. The van der Waals surface area contributed by atoms with Gasteiger partial charge in [0.25, 0.3) is 0 Å². The average molecular weight is 237 g/mol. The van der Waals surface area contributed by atoms with Crippen LogP contribution in [-0.4, -0.2) is 46.8 Å². The second kappa shape index (κ2) is 5.09. The molecule has 1 aromatic heterocycles. The summed E-state index contributed by atoms with van der Waals surface area (Å²) >= 11 is 0. The first-order chi connectivity index (χ1) is 8.22. The van der Waals surface area contributed by atoms with Gasteiger partial charge in [0.05, 0.1) is 31.6 Å². The Morgan fingerprint density at radius 2 is 2.41 bits per heavy atom. The normalized spacial score (nSPS) is 20.3. The molecule has 0 saturated carbocycles. The number of aromatic nitrogens is 2. The number of hydrogen-bond acceptors (Lipinski definition) is 5. The topological polar surface area (TPSA) is 75.5 Å². The molecule has 1 N–H and O–H groups in total. The molecule has 1 unspecified atom stereocenters. The third-order valence-electron chi connectivity index (χ3n) is 2.85. The van der Waals surface area contributed by atoms with Gasteiger partial charge in [-0.2, -0.15) is 0 Å². The number of aromatic carboxylic acids is 1. The van der Waals surface area contributed by atoms with Crippen molar-refractivity contribution in [2.75, 3.05) is 24.7 Å². The van der Waals surface area contributed by atoms with Gasteiger partial charge >= 0.3 is 5.97 Å². The lowest BCUT2D eigenvalue weighted by Gasteiger charge is -2.35. The van der Waals surface area contributed by atoms with Gasteiger partial charge < -0.3 is 14.7 Å². The maximum absolute atomic E-state index is 10.7. The SMILES string of the molecule is CCC1COCCN1c1cnc(C(=O)O)cn1. The lowest BCUT2D eigenvalue weighted by Crippen LogP contribution is -2.45. The first-order valence-electron chi connectivity index (χ1n) is 5.62. The van der Waals surface area contributed by atoms with Crippen molar-refractivity contribution in [3.8, 4) is 0 Å². The van der Waals surface area contributed by atoms with Crippen LogP contribution in [-0.2, 0) is 4.74 Å². The molecule has 6 nitrogen and oxygen atoms in total. The summed E-state index contributed by atoms with van der Waals surface area (Å²) in [5.41, 5.74) is -0.0324. The number of anilines is 1. The highest BCUT2D eigenvalue weighted by molar-refractivity contribution is 5.84. The minimum Gasteiger partial charge on any atom is -0.476 e. The highest BCUT2D eigenvalue weighted by atomic mass is 16.5. The van der Waals surface area contributed by atoms with E-state index >= 15 is 0 Å². The van der Waals surface area contributed by atoms with Gasteiger partial charge in [-0.3, -0.25) is 0 Å². The summed E-state index contributed by atoms with van der Waals surface area (Å²) in [5.74, 6) is -0.344. The summed E-state index contributed by atoms with van der Waals surface area (Å²) in [6.07, 6.45) is 3.76. The molecule has 0 aromatic carbocycles. The molecular weight excluding hydrogens is 222 g/mol. The van der Waals surface area contributed by atoms with Crippen LogP contribution < -0.4 is 4.90 Å². The average Bonchev–Trinajstić information content (AvgIpc) is 2.39. The Balaban J connectivity index is 2.17. The molecule has 1 saturated heterocycles. The molecule has 1 atom stereocenters. The summed E-state index contributed by atoms with van der Waals surface area (Å²) in [6, 6.07) is 0.286. The first kappa shape index (κ1) is 11.8. The smallest absolute Gasteiger partial charge is 0.356 e. The van der Waals surface area contributed by atoms with Crippen molar-refractivity contribution in [3.63, 3.8) is 0 Å². The second-order valence-electron chi connectivity index (χ2n) is 3.90. The number of nitrogens with zero attached hydrogens (tertiary/aromatic N) is 3. The maximum Gasteiger partial charge on any atom is 0.356 e. The predicted molar refractivity (Wildman–Crippen MR) is 61.2 cm³/mol. The van der Waals surface area contributed by atoms with Gasteiger partial charge in [0.2, 0.25) is 0 Å². The number of hydrogen-bond donors (Lipinski definition) is 1. The number of morpholine rings is 1. The van der Waals surface area contributed by atoms with Crippen molar-refractivity contribution >= 4 is 11.8 Å². The minimum absolute atomic E-state index is 0.0324. The van der Waals surface area contributed by atoms with Crippen LogP contribution in [0.15, 0.2) is 12.4 Å². The van der Waals surface area contributed by atoms with Crippen molar-refractivity contribution in [2.45, 2.75) is 19.4 Å². The van der Waals surface area contributed by atoms with Crippen LogP contribution in [0.5, 0.6) is 0 Å². The van der Waals surface area contributed by atoms with Crippen molar-refractivity contribution in [3.05, 3.63) is 18.1 Å². The molecule has 1 aliphatic heterocycles. The fourth-order valence-electron chi connectivity index (χ4n) is 1.87. The number of carboxylic acids is 1. The molecule has 1 aliphatic rings. The van der Waals surface area contributed by atoms with Crippen LogP contribution >= 0.6 is 0 Å². The molecule has 6 heteroatoms. The zero-order valence-corrected chi connectivity index (χ0v) is 9.67. The number of carboxylic acid groups (broad SMARTS) is 1. The molecule has 0 amide bonds. The summed E-state index contributed by atoms with van der Waals surface area (Å²) in [7, 11) is 0. The van der Waals surface area contributed by atoms with Crippen LogP contribution in [0.2, 0.25) is 0 Å². The second-order valence-corrected chi connectivity index (χ2v) is 3.90. The molecule has 17 heavy (non-hydrogen) atoms. The fourth-order valence-corrected chi connectivity index (χ4v) is 1.87. The van der Waals surface area contributed by atoms with Gasteiger partial charge in [0, 0.05) is 6.54 Å². The molecule has 0 radical (unpaired) electrons. The molecular formula is C11H15N3O3. The highest BCUT2D eigenvalue weighted by Crippen LogP contribution is 2.18. The quantitative estimate of drug-likeness (QED) is 0.837. The summed E-state index contributed by atoms with van der Waals surface area (Å²) in [6.45, 7) is 4.20. The molecule has 1 fully saturated rings. The summed E-state index contributed by atoms with van der Waals surface area (Å²) < 4.78 is 5.40. The van der Waals surface area contributed by atoms with Crippen molar-refractivity contribution in [1.29, 1.82) is 0 Å². The van der Waals surface area contributed by atoms with Crippen molar-refractivity contribution in [2.24, 2.45) is 0 Å². The van der Waals surface area contributed by atoms with Crippen LogP contribution in [0.3, 0.4) is 0 Å². The molecule has 2 heterocycles. The van der Waals surface area contributed by atoms with Crippen molar-refractivity contribution in [1.82, 2.24) is 9.97 Å². The monoisotopic (exact) mass is 237 g/mol. The Kier molecular flexibility index (Phi) is 3.53. The third kappa shape index (κ3) is 2.52. The minimum atomic E-state index is -1.06. The van der Waals surface area contributed by atoms with Crippen LogP contribution in [0.1, 0.15) is 23.8 Å². The van der Waals surface area contributed by atoms with Gasteiger partial charge in [0.1, 0.15) is 5.82 Å². The fraction of sp³-hybridized carbons (Fsp3) is 0.545. The Hall–Kier alpha value is -1.69. The van der Waals surface area contributed by atoms with E-state index in [4.69, 9.17) is 9.84 Å². The number of rotatable bonds is 3. The van der Waals surface area contributed by atoms with Gasteiger partial charge in [-0.25, -0.2) is 14.8 Å². The Labute approximate surface area is 99.2 Å². The first-order valence-corrected chi connectivity index (χ1v) is 5.62. The van der Waals surface area contributed by atoms with Crippen LogP contribution in [0.25, 0.3) is 0 Å². The van der Waals surface area contributed by atoms with E-state index in [9.17, 15) is 4.79 Å². The molecule has 92 valence electrons. The molecule has 0 aliphatic carbocycles. The van der Waals surface area contributed by atoms with Gasteiger partial charge in [-0.05, 0) is 6.42 Å². The van der Waals surface area contributed by atoms with E-state index in [2.05, 4.69) is 21.8 Å². The largest absolute Gasteiger partial charge is 0.476 e. The predicted octanol–water partition coefficient (Wildman–Crippen LogP) is 0.790. The maximum atomic E-state index is 10.7. The third-order valence-corrected chi connectivity index (χ3v) is 2.85. The van der Waals surface area contributed by atoms with E-state index in [1.165, 1.54) is 12.4 Å². The van der Waals surface area contributed by atoms with E-state index in [0.717, 1.165) is 13.0 Å². The van der Waals surface area contributed by atoms with Crippen LogP contribution in [0.4, 0.5) is 5.82 Å². The zero-order chi connectivity index (χ0) is 12.3. The van der Waals surface area contributed by atoms with Gasteiger partial charge in [-0.1, -0.05) is 6.92 Å². The molecule has 1 aromatic rings. The number of ether oxygens (including phenoxy) is 1. The van der Waals surface area contributed by atoms with Gasteiger partial charge in [-0.15, -0.1) is 0 Å². The molecule has 0 bridgehead atoms. The number of carbonyl (C=O) groups is 1. The Bertz CT molecular complexity index is 393. The summed E-state index contributed by atoms with van der Waals surface area (Å²) in [4.78, 5) is 20.8. The Morgan fingerprint density at radius 1 is 1.59 bits per heavy atom. The lowest BCUT2D eigenvalue weighted by atomic mass is 10.2. The zero-order valence-electron chi connectivity index (χ0n) is 9.67. The molecule has 0 spiro atoms. The standard InChI is InChI=1S/C11H15N3O3/c1-2-8-7-17-4-3-14(8)10-6-12-9(5-13-10)11(15)16/h5-6,8H,2-4,7H2,1H3,(H,15,16). The Morgan fingerprint density at radius 3 is 3.00 bits per heavy atom. The van der Waals surface area contributed by atoms with E-state index in [1.807, 2.05) is 0 Å². The highest BCUT2D eigenvalue weighted by Gasteiger charge is 2.23. The van der Waals surface area contributed by atoms with E-state index in [1.54, 1.807) is 0 Å². The van der Waals surface area contributed by atoms with E-state index in [0.29, 0.717) is 19.0 Å². The van der Waals surface area contributed by atoms with Crippen molar-refractivity contribution < 1.29 is 14.6 Å². The van der Waals surface area contributed by atoms with E-state index < -0.39 is 5.97 Å². The van der Waals surface area contributed by atoms with E-state index in [-0.39, 0.29) is 11.7 Å². The van der Waals surface area contributed by atoms with Gasteiger partial charge in [0.15, 0.2) is 5.69 Å².